The van der Waals surface area contributed by atoms with Gasteiger partial charge in [-0.25, -0.2) is 13.1 Å². The van der Waals surface area contributed by atoms with Crippen LogP contribution in [-0.4, -0.2) is 8.42 Å². The van der Waals surface area contributed by atoms with Gasteiger partial charge in [0.05, 0.1) is 11.4 Å². The molecule has 0 amide bonds. The predicted octanol–water partition coefficient (Wildman–Crippen LogP) is 4.75. The molecule has 0 aliphatic rings. The number of hydrogen-bond donors (Lipinski definition) is 1. The number of furan rings is 1. The second-order valence-electron chi connectivity index (χ2n) is 5.59. The van der Waals surface area contributed by atoms with Crippen LogP contribution in [-0.2, 0) is 23.0 Å². The van der Waals surface area contributed by atoms with Crippen LogP contribution >= 0.6 is 15.9 Å². The van der Waals surface area contributed by atoms with Gasteiger partial charge in [-0.3, -0.25) is 0 Å². The third kappa shape index (κ3) is 4.39. The lowest BCUT2D eigenvalue weighted by Gasteiger charge is -2.06. The minimum Gasteiger partial charge on any atom is -0.460 e. The standard InChI is InChI=1S/C19H18BrNO3S/c1-2-14-3-10-18(11-4-14)25(22,23)21-13-17-9-12-19(24-17)15-5-7-16(20)8-6-15/h3-12,21H,2,13H2,1H3. The van der Waals surface area contributed by atoms with Crippen LogP contribution < -0.4 is 4.72 Å². The SMILES string of the molecule is CCc1ccc(S(=O)(=O)NCc2ccc(-c3ccc(Br)cc3)o2)cc1. The van der Waals surface area contributed by atoms with Gasteiger partial charge in [0.25, 0.3) is 0 Å². The highest BCUT2D eigenvalue weighted by Gasteiger charge is 2.14. The highest BCUT2D eigenvalue weighted by Crippen LogP contribution is 2.24. The molecule has 0 aliphatic carbocycles. The van der Waals surface area contributed by atoms with Gasteiger partial charge in [0.15, 0.2) is 0 Å². The summed E-state index contributed by atoms with van der Waals surface area (Å²) < 4.78 is 34.0. The molecule has 25 heavy (non-hydrogen) atoms. The Kier molecular flexibility index (Phi) is 5.42. The van der Waals surface area contributed by atoms with Gasteiger partial charge in [-0.15, -0.1) is 0 Å². The molecule has 1 aromatic heterocycles. The Morgan fingerprint density at radius 3 is 2.28 bits per heavy atom. The van der Waals surface area contributed by atoms with Crippen LogP contribution in [0.15, 0.2) is 74.4 Å². The molecule has 3 rings (SSSR count). The molecule has 0 radical (unpaired) electrons. The molecular weight excluding hydrogens is 402 g/mol. The van der Waals surface area contributed by atoms with Crippen LogP contribution in [0.5, 0.6) is 0 Å². The van der Waals surface area contributed by atoms with E-state index in [1.54, 1.807) is 18.2 Å². The third-order valence-electron chi connectivity index (χ3n) is 3.87. The summed E-state index contributed by atoms with van der Waals surface area (Å²) in [5, 5.41) is 0. The second-order valence-corrected chi connectivity index (χ2v) is 8.28. The van der Waals surface area contributed by atoms with Crippen molar-refractivity contribution < 1.29 is 12.8 Å². The van der Waals surface area contributed by atoms with E-state index in [1.165, 1.54) is 0 Å². The van der Waals surface area contributed by atoms with E-state index in [9.17, 15) is 8.42 Å². The topological polar surface area (TPSA) is 59.3 Å². The molecule has 4 nitrogen and oxygen atoms in total. The minimum absolute atomic E-state index is 0.106. The fourth-order valence-corrected chi connectivity index (χ4v) is 3.65. The molecule has 0 saturated heterocycles. The van der Waals surface area contributed by atoms with Crippen LogP contribution in [0, 0.1) is 0 Å². The van der Waals surface area contributed by atoms with Crippen LogP contribution in [0.2, 0.25) is 0 Å². The summed E-state index contributed by atoms with van der Waals surface area (Å²) in [6.45, 7) is 2.13. The molecule has 6 heteroatoms. The van der Waals surface area contributed by atoms with E-state index in [-0.39, 0.29) is 11.4 Å². The largest absolute Gasteiger partial charge is 0.460 e. The number of rotatable bonds is 6. The molecule has 0 atom stereocenters. The Bertz CT molecular complexity index is 945. The Morgan fingerprint density at radius 2 is 1.64 bits per heavy atom. The van der Waals surface area contributed by atoms with E-state index < -0.39 is 10.0 Å². The highest BCUT2D eigenvalue weighted by molar-refractivity contribution is 9.10. The van der Waals surface area contributed by atoms with Crippen molar-refractivity contribution in [2.75, 3.05) is 0 Å². The molecule has 0 spiro atoms. The second kappa shape index (κ2) is 7.56. The zero-order chi connectivity index (χ0) is 17.9. The summed E-state index contributed by atoms with van der Waals surface area (Å²) >= 11 is 3.39. The number of nitrogens with one attached hydrogen (secondary N) is 1. The average molecular weight is 420 g/mol. The van der Waals surface area contributed by atoms with Crippen molar-refractivity contribution in [2.45, 2.75) is 24.8 Å². The molecule has 1 N–H and O–H groups in total. The van der Waals surface area contributed by atoms with Crippen molar-refractivity contribution in [2.24, 2.45) is 0 Å². The molecule has 0 aliphatic heterocycles. The highest BCUT2D eigenvalue weighted by atomic mass is 79.9. The summed E-state index contributed by atoms with van der Waals surface area (Å²) in [4.78, 5) is 0.254. The first-order valence-corrected chi connectivity index (χ1v) is 10.2. The van der Waals surface area contributed by atoms with Crippen molar-refractivity contribution in [3.63, 3.8) is 0 Å². The fourth-order valence-electron chi connectivity index (χ4n) is 2.40. The van der Waals surface area contributed by atoms with E-state index in [4.69, 9.17) is 4.42 Å². The average Bonchev–Trinajstić information content (AvgIpc) is 3.10. The summed E-state index contributed by atoms with van der Waals surface area (Å²) in [5.74, 6) is 1.26. The van der Waals surface area contributed by atoms with E-state index in [0.717, 1.165) is 22.0 Å². The number of halogens is 1. The molecule has 0 bridgehead atoms. The number of sulfonamides is 1. The quantitative estimate of drug-likeness (QED) is 0.626. The van der Waals surface area contributed by atoms with Crippen LogP contribution in [0.4, 0.5) is 0 Å². The Morgan fingerprint density at radius 1 is 0.960 bits per heavy atom. The molecule has 0 fully saturated rings. The maximum absolute atomic E-state index is 12.4. The Labute approximate surface area is 156 Å². The molecule has 3 aromatic rings. The lowest BCUT2D eigenvalue weighted by atomic mass is 10.2. The van der Waals surface area contributed by atoms with Crippen molar-refractivity contribution in [1.82, 2.24) is 4.72 Å². The van der Waals surface area contributed by atoms with Gasteiger partial charge >= 0.3 is 0 Å². The molecule has 2 aromatic carbocycles. The first-order valence-electron chi connectivity index (χ1n) is 7.91. The van der Waals surface area contributed by atoms with Gasteiger partial charge in [0.1, 0.15) is 11.5 Å². The van der Waals surface area contributed by atoms with Gasteiger partial charge in [0, 0.05) is 10.0 Å². The molecule has 130 valence electrons. The van der Waals surface area contributed by atoms with Crippen molar-refractivity contribution in [1.29, 1.82) is 0 Å². The Balaban J connectivity index is 1.69. The smallest absolute Gasteiger partial charge is 0.240 e. The zero-order valence-electron chi connectivity index (χ0n) is 13.7. The Hall–Kier alpha value is -1.89. The lowest BCUT2D eigenvalue weighted by molar-refractivity contribution is 0.509. The third-order valence-corrected chi connectivity index (χ3v) is 5.81. The van der Waals surface area contributed by atoms with E-state index in [1.807, 2.05) is 49.4 Å². The van der Waals surface area contributed by atoms with Gasteiger partial charge in [-0.1, -0.05) is 47.1 Å². The maximum Gasteiger partial charge on any atom is 0.240 e. The van der Waals surface area contributed by atoms with Crippen LogP contribution in [0.1, 0.15) is 18.2 Å². The first kappa shape index (κ1) is 17.9. The first-order chi connectivity index (χ1) is 12.0. The lowest BCUT2D eigenvalue weighted by Crippen LogP contribution is -2.22. The predicted molar refractivity (Wildman–Crippen MR) is 102 cm³/mol. The zero-order valence-corrected chi connectivity index (χ0v) is 16.1. The molecule has 1 heterocycles. The summed E-state index contributed by atoms with van der Waals surface area (Å²) in [6, 6.07) is 18.2. The maximum atomic E-state index is 12.4. The monoisotopic (exact) mass is 419 g/mol. The minimum atomic E-state index is -3.56. The van der Waals surface area contributed by atoms with Gasteiger partial charge in [-0.2, -0.15) is 0 Å². The normalized spacial score (nSPS) is 11.6. The molecular formula is C19H18BrNO3S. The van der Waals surface area contributed by atoms with Gasteiger partial charge in [0.2, 0.25) is 10.0 Å². The van der Waals surface area contributed by atoms with Crippen molar-refractivity contribution in [3.8, 4) is 11.3 Å². The van der Waals surface area contributed by atoms with E-state index >= 15 is 0 Å². The summed E-state index contributed by atoms with van der Waals surface area (Å²) in [6.07, 6.45) is 0.874. The van der Waals surface area contributed by atoms with Gasteiger partial charge < -0.3 is 4.42 Å². The summed E-state index contributed by atoms with van der Waals surface area (Å²) in [5.41, 5.74) is 2.04. The van der Waals surface area contributed by atoms with Crippen molar-refractivity contribution in [3.05, 3.63) is 76.5 Å². The van der Waals surface area contributed by atoms with Gasteiger partial charge in [-0.05, 0) is 48.4 Å². The van der Waals surface area contributed by atoms with E-state index in [2.05, 4.69) is 20.7 Å². The number of hydrogen-bond acceptors (Lipinski definition) is 3. The molecule has 0 saturated carbocycles. The van der Waals surface area contributed by atoms with Crippen LogP contribution in [0.25, 0.3) is 11.3 Å². The molecule has 0 unspecified atom stereocenters. The van der Waals surface area contributed by atoms with E-state index in [0.29, 0.717) is 11.5 Å². The van der Waals surface area contributed by atoms with Crippen LogP contribution in [0.3, 0.4) is 0 Å². The number of benzene rings is 2. The fraction of sp³-hybridized carbons (Fsp3) is 0.158. The number of aryl methyl sites for hydroxylation is 1. The van der Waals surface area contributed by atoms with Crippen molar-refractivity contribution >= 4 is 26.0 Å². The summed E-state index contributed by atoms with van der Waals surface area (Å²) in [7, 11) is -3.56.